The van der Waals surface area contributed by atoms with Gasteiger partial charge in [0.2, 0.25) is 0 Å². The molecule has 4 heteroatoms. The maximum Gasteiger partial charge on any atom is 0.0890 e. The Morgan fingerprint density at radius 2 is 1.67 bits per heavy atom. The van der Waals surface area contributed by atoms with E-state index in [9.17, 15) is 0 Å². The average molecular weight is 318 g/mol. The molecular formula is C20H22N4. The van der Waals surface area contributed by atoms with Crippen LogP contribution in [0.2, 0.25) is 0 Å². The van der Waals surface area contributed by atoms with Crippen LogP contribution in [0.3, 0.4) is 0 Å². The van der Waals surface area contributed by atoms with Gasteiger partial charge in [0.15, 0.2) is 0 Å². The van der Waals surface area contributed by atoms with Gasteiger partial charge in [0, 0.05) is 18.5 Å². The van der Waals surface area contributed by atoms with Crippen molar-refractivity contribution in [1.82, 2.24) is 15.3 Å². The average Bonchev–Trinajstić information content (AvgIpc) is 2.67. The highest BCUT2D eigenvalue weighted by atomic mass is 15.0. The first-order valence-corrected chi connectivity index (χ1v) is 8.61. The van der Waals surface area contributed by atoms with Crippen LogP contribution in [-0.4, -0.2) is 16.5 Å². The molecule has 1 aliphatic heterocycles. The first-order chi connectivity index (χ1) is 11.9. The van der Waals surface area contributed by atoms with E-state index in [4.69, 9.17) is 15.7 Å². The molecule has 2 unspecified atom stereocenters. The van der Waals surface area contributed by atoms with Crippen LogP contribution in [0.5, 0.6) is 0 Å². The monoisotopic (exact) mass is 318 g/mol. The number of benzene rings is 2. The topological polar surface area (TPSA) is 63.8 Å². The van der Waals surface area contributed by atoms with Crippen LogP contribution >= 0.6 is 0 Å². The second-order valence-electron chi connectivity index (χ2n) is 6.34. The number of hydrogen-bond donors (Lipinski definition) is 2. The smallest absolute Gasteiger partial charge is 0.0890 e. The molecule has 0 aliphatic carbocycles. The predicted molar refractivity (Wildman–Crippen MR) is 96.6 cm³/mol. The Morgan fingerprint density at radius 3 is 2.42 bits per heavy atom. The maximum absolute atomic E-state index is 6.01. The van der Waals surface area contributed by atoms with Crippen LogP contribution in [0.25, 0.3) is 11.0 Å². The lowest BCUT2D eigenvalue weighted by molar-refractivity contribution is 0.351. The third-order valence-electron chi connectivity index (χ3n) is 4.84. The molecule has 2 aromatic carbocycles. The van der Waals surface area contributed by atoms with E-state index in [2.05, 4.69) is 35.6 Å². The molecule has 4 rings (SSSR count). The van der Waals surface area contributed by atoms with E-state index in [1.54, 1.807) is 0 Å². The molecule has 0 saturated carbocycles. The van der Waals surface area contributed by atoms with E-state index in [0.717, 1.165) is 41.8 Å². The fraction of sp³-hybridized carbons (Fsp3) is 0.300. The first-order valence-electron chi connectivity index (χ1n) is 8.61. The molecule has 24 heavy (non-hydrogen) atoms. The minimum Gasteiger partial charge on any atom is -0.325 e. The molecule has 2 atom stereocenters. The molecule has 3 N–H and O–H groups in total. The van der Waals surface area contributed by atoms with Gasteiger partial charge in [-0.05, 0) is 37.1 Å². The molecule has 122 valence electrons. The lowest BCUT2D eigenvalue weighted by atomic mass is 9.83. The molecule has 1 aliphatic rings. The summed E-state index contributed by atoms with van der Waals surface area (Å²) in [5.74, 6) is 0.303. The fourth-order valence-electron chi connectivity index (χ4n) is 3.69. The summed E-state index contributed by atoms with van der Waals surface area (Å²) in [6.07, 6.45) is 2.25. The summed E-state index contributed by atoms with van der Waals surface area (Å²) in [7, 11) is 0. The molecule has 1 saturated heterocycles. The van der Waals surface area contributed by atoms with Gasteiger partial charge >= 0.3 is 0 Å². The number of hydrogen-bond acceptors (Lipinski definition) is 4. The zero-order valence-corrected chi connectivity index (χ0v) is 13.7. The van der Waals surface area contributed by atoms with Crippen molar-refractivity contribution in [2.24, 2.45) is 5.73 Å². The quantitative estimate of drug-likeness (QED) is 0.778. The number of piperidine rings is 1. The van der Waals surface area contributed by atoms with Gasteiger partial charge in [-0.2, -0.15) is 0 Å². The lowest BCUT2D eigenvalue weighted by Crippen LogP contribution is -2.34. The molecule has 1 fully saturated rings. The predicted octanol–water partition coefficient (Wildman–Crippen LogP) is 3.30. The number of nitrogens with two attached hydrogens (primary N) is 1. The van der Waals surface area contributed by atoms with E-state index in [0.29, 0.717) is 12.5 Å². The highest BCUT2D eigenvalue weighted by molar-refractivity contribution is 5.74. The summed E-state index contributed by atoms with van der Waals surface area (Å²) in [6.45, 7) is 1.46. The first kappa shape index (κ1) is 15.2. The summed E-state index contributed by atoms with van der Waals surface area (Å²) >= 11 is 0. The Labute approximate surface area is 142 Å². The van der Waals surface area contributed by atoms with Gasteiger partial charge < -0.3 is 11.1 Å². The van der Waals surface area contributed by atoms with E-state index in [1.165, 1.54) is 5.56 Å². The van der Waals surface area contributed by atoms with Crippen LogP contribution < -0.4 is 11.1 Å². The number of nitrogens with zero attached hydrogens (tertiary/aromatic N) is 2. The van der Waals surface area contributed by atoms with Gasteiger partial charge in [0.1, 0.15) is 0 Å². The van der Waals surface area contributed by atoms with Crippen molar-refractivity contribution in [2.45, 2.75) is 31.3 Å². The second kappa shape index (κ2) is 6.67. The van der Waals surface area contributed by atoms with Crippen molar-refractivity contribution >= 4 is 11.0 Å². The highest BCUT2D eigenvalue weighted by Crippen LogP contribution is 2.38. The van der Waals surface area contributed by atoms with Gasteiger partial charge in [0.05, 0.1) is 22.4 Å². The number of aromatic nitrogens is 2. The summed E-state index contributed by atoms with van der Waals surface area (Å²) in [6, 6.07) is 18.9. The second-order valence-corrected chi connectivity index (χ2v) is 6.34. The Hall–Kier alpha value is -2.30. The fourth-order valence-corrected chi connectivity index (χ4v) is 3.69. The number of para-hydroxylation sites is 2. The number of fused-ring (bicyclic) bond motifs is 1. The molecule has 0 radical (unpaired) electrons. The van der Waals surface area contributed by atoms with E-state index >= 15 is 0 Å². The summed E-state index contributed by atoms with van der Waals surface area (Å²) in [5, 5.41) is 3.67. The molecule has 0 amide bonds. The zero-order valence-electron chi connectivity index (χ0n) is 13.7. The molecule has 1 aromatic heterocycles. The van der Waals surface area contributed by atoms with Crippen LogP contribution in [0.1, 0.15) is 41.8 Å². The third-order valence-corrected chi connectivity index (χ3v) is 4.84. The van der Waals surface area contributed by atoms with Gasteiger partial charge in [-0.15, -0.1) is 0 Å². The van der Waals surface area contributed by atoms with Crippen LogP contribution in [0, 0.1) is 0 Å². The molecule has 3 aromatic rings. The third kappa shape index (κ3) is 2.79. The van der Waals surface area contributed by atoms with Crippen molar-refractivity contribution in [2.75, 3.05) is 6.54 Å². The van der Waals surface area contributed by atoms with Crippen LogP contribution in [0.4, 0.5) is 0 Å². The van der Waals surface area contributed by atoms with Crippen molar-refractivity contribution < 1.29 is 0 Å². The minimum atomic E-state index is 0.265. The molecule has 0 spiro atoms. The highest BCUT2D eigenvalue weighted by Gasteiger charge is 2.30. The molecule has 0 bridgehead atoms. The van der Waals surface area contributed by atoms with E-state index < -0.39 is 0 Å². The normalized spacial score (nSPS) is 21.0. The lowest BCUT2D eigenvalue weighted by Gasteiger charge is -2.33. The van der Waals surface area contributed by atoms with Gasteiger partial charge in [-0.1, -0.05) is 42.5 Å². The Bertz CT molecular complexity index is 831. The summed E-state index contributed by atoms with van der Waals surface area (Å²) < 4.78 is 0. The van der Waals surface area contributed by atoms with Gasteiger partial charge in [0.25, 0.3) is 0 Å². The Balaban J connectivity index is 1.81. The van der Waals surface area contributed by atoms with Crippen molar-refractivity contribution in [3.05, 3.63) is 71.5 Å². The summed E-state index contributed by atoms with van der Waals surface area (Å²) in [4.78, 5) is 9.74. The zero-order chi connectivity index (χ0) is 16.4. The number of nitrogens with one attached hydrogen (secondary N) is 1. The van der Waals surface area contributed by atoms with Crippen molar-refractivity contribution in [1.29, 1.82) is 0 Å². The van der Waals surface area contributed by atoms with E-state index in [1.807, 2.05) is 24.3 Å². The minimum absolute atomic E-state index is 0.265. The van der Waals surface area contributed by atoms with Crippen molar-refractivity contribution in [3.8, 4) is 0 Å². The molecule has 2 heterocycles. The Morgan fingerprint density at radius 1 is 0.958 bits per heavy atom. The standard InChI is InChI=1S/C20H22N4/c21-13-18-20(24-17-11-5-4-10-16(17)23-18)15-9-6-12-22-19(15)14-7-2-1-3-8-14/h1-5,7-8,10-11,15,19,22H,6,9,12-13,21H2. The summed E-state index contributed by atoms with van der Waals surface area (Å²) in [5.41, 5.74) is 11.2. The molecular weight excluding hydrogens is 296 g/mol. The number of rotatable bonds is 3. The van der Waals surface area contributed by atoms with Crippen LogP contribution in [-0.2, 0) is 6.54 Å². The van der Waals surface area contributed by atoms with Gasteiger partial charge in [-0.25, -0.2) is 9.97 Å². The van der Waals surface area contributed by atoms with Crippen LogP contribution in [0.15, 0.2) is 54.6 Å². The largest absolute Gasteiger partial charge is 0.325 e. The SMILES string of the molecule is NCc1nc2ccccc2nc1C1CCCNC1c1ccccc1. The Kier molecular flexibility index (Phi) is 4.24. The van der Waals surface area contributed by atoms with Crippen molar-refractivity contribution in [3.63, 3.8) is 0 Å². The van der Waals surface area contributed by atoms with E-state index in [-0.39, 0.29) is 6.04 Å². The molecule has 4 nitrogen and oxygen atoms in total. The maximum atomic E-state index is 6.01. The van der Waals surface area contributed by atoms with Gasteiger partial charge in [-0.3, -0.25) is 0 Å².